The van der Waals surface area contributed by atoms with Gasteiger partial charge in [-0.3, -0.25) is 4.98 Å². The van der Waals surface area contributed by atoms with E-state index in [-0.39, 0.29) is 0 Å². The second-order valence-corrected chi connectivity index (χ2v) is 5.47. The fourth-order valence-electron chi connectivity index (χ4n) is 3.23. The molecule has 0 unspecified atom stereocenters. The summed E-state index contributed by atoms with van der Waals surface area (Å²) in [5.41, 5.74) is 3.78. The quantitative estimate of drug-likeness (QED) is 0.604. The first-order valence-corrected chi connectivity index (χ1v) is 7.36. The van der Waals surface area contributed by atoms with Gasteiger partial charge in [-0.25, -0.2) is 4.79 Å². The van der Waals surface area contributed by atoms with Gasteiger partial charge in [0.15, 0.2) is 0 Å². The second-order valence-electron chi connectivity index (χ2n) is 5.47. The van der Waals surface area contributed by atoms with Gasteiger partial charge in [0.25, 0.3) is 0 Å². The third-order valence-corrected chi connectivity index (χ3v) is 4.19. The summed E-state index contributed by atoms with van der Waals surface area (Å²) < 4.78 is 2.00. The number of carboxylic acid groups (broad SMARTS) is 1. The topological polar surface area (TPSA) is 55.1 Å². The van der Waals surface area contributed by atoms with Crippen LogP contribution in [0.1, 0.15) is 16.1 Å². The van der Waals surface area contributed by atoms with Gasteiger partial charge in [0, 0.05) is 22.7 Å². The Morgan fingerprint density at radius 3 is 2.61 bits per heavy atom. The maximum atomic E-state index is 11.7. The van der Waals surface area contributed by atoms with Crippen molar-refractivity contribution in [2.45, 2.75) is 6.92 Å². The molecule has 0 saturated heterocycles. The van der Waals surface area contributed by atoms with Crippen LogP contribution in [0.4, 0.5) is 0 Å². The lowest BCUT2D eigenvalue weighted by molar-refractivity contribution is 0.0698. The van der Waals surface area contributed by atoms with Gasteiger partial charge < -0.3 is 9.67 Å². The molecule has 0 atom stereocenters. The summed E-state index contributed by atoms with van der Waals surface area (Å²) in [5.74, 6) is -0.907. The van der Waals surface area contributed by atoms with Crippen molar-refractivity contribution in [3.05, 3.63) is 72.1 Å². The van der Waals surface area contributed by atoms with Gasteiger partial charge in [-0.1, -0.05) is 24.3 Å². The van der Waals surface area contributed by atoms with Crippen molar-refractivity contribution in [2.24, 2.45) is 0 Å². The van der Waals surface area contributed by atoms with E-state index in [2.05, 4.69) is 4.98 Å². The van der Waals surface area contributed by atoms with E-state index in [1.807, 2.05) is 66.1 Å². The van der Waals surface area contributed by atoms with E-state index in [4.69, 9.17) is 0 Å². The number of carbonyl (C=O) groups is 1. The van der Waals surface area contributed by atoms with Crippen LogP contribution in [0.3, 0.4) is 0 Å². The lowest BCUT2D eigenvalue weighted by Crippen LogP contribution is -2.02. The average molecular weight is 302 g/mol. The molecule has 0 aliphatic carbocycles. The molecule has 4 heteroatoms. The minimum Gasteiger partial charge on any atom is -0.478 e. The van der Waals surface area contributed by atoms with Gasteiger partial charge in [0.2, 0.25) is 0 Å². The van der Waals surface area contributed by atoms with E-state index < -0.39 is 5.97 Å². The molecule has 0 saturated carbocycles. The van der Waals surface area contributed by atoms with Crippen LogP contribution in [0, 0.1) is 6.92 Å². The number of hydrogen-bond acceptors (Lipinski definition) is 2. The molecular formula is C19H14N2O2. The van der Waals surface area contributed by atoms with Crippen molar-refractivity contribution in [2.75, 3.05) is 0 Å². The van der Waals surface area contributed by atoms with Gasteiger partial charge >= 0.3 is 5.97 Å². The number of aromatic carboxylic acids is 1. The number of pyridine rings is 1. The van der Waals surface area contributed by atoms with Crippen molar-refractivity contribution >= 4 is 27.8 Å². The number of fused-ring (bicyclic) bond motifs is 2. The summed E-state index contributed by atoms with van der Waals surface area (Å²) in [4.78, 5) is 16.1. The Bertz CT molecular complexity index is 1060. The number of carboxylic acids is 1. The molecule has 4 rings (SSSR count). The molecule has 0 amide bonds. The molecule has 4 aromatic rings. The van der Waals surface area contributed by atoms with E-state index in [9.17, 15) is 9.90 Å². The number of nitrogens with zero attached hydrogens (tertiary/aromatic N) is 2. The molecule has 0 aliphatic heterocycles. The molecule has 0 fully saturated rings. The van der Waals surface area contributed by atoms with Gasteiger partial charge in [0.1, 0.15) is 0 Å². The third-order valence-electron chi connectivity index (χ3n) is 4.19. The fourth-order valence-corrected chi connectivity index (χ4v) is 3.23. The summed E-state index contributed by atoms with van der Waals surface area (Å²) in [7, 11) is 0. The van der Waals surface area contributed by atoms with E-state index in [0.717, 1.165) is 33.2 Å². The summed E-state index contributed by atoms with van der Waals surface area (Å²) in [6.45, 7) is 1.85. The predicted molar refractivity (Wildman–Crippen MR) is 90.3 cm³/mol. The molecular weight excluding hydrogens is 288 g/mol. The molecule has 1 N–H and O–H groups in total. The monoisotopic (exact) mass is 302 g/mol. The molecule has 4 nitrogen and oxygen atoms in total. The van der Waals surface area contributed by atoms with Crippen LogP contribution in [0.25, 0.3) is 27.5 Å². The van der Waals surface area contributed by atoms with Gasteiger partial charge in [-0.2, -0.15) is 0 Å². The standard InChI is InChI=1S/C19H14N2O2/c1-12-18(19(22)23)14-6-2-3-9-17(14)21(12)16-10-4-8-15-13(16)7-5-11-20-15/h2-11H,1H3,(H,22,23). The highest BCUT2D eigenvalue weighted by molar-refractivity contribution is 6.06. The van der Waals surface area contributed by atoms with Gasteiger partial charge in [0.05, 0.1) is 22.3 Å². The molecule has 2 heterocycles. The molecule has 23 heavy (non-hydrogen) atoms. The smallest absolute Gasteiger partial charge is 0.338 e. The first-order chi connectivity index (χ1) is 11.2. The van der Waals surface area contributed by atoms with Crippen LogP contribution in [0.15, 0.2) is 60.8 Å². The van der Waals surface area contributed by atoms with Crippen molar-refractivity contribution in [1.29, 1.82) is 0 Å². The number of aromatic nitrogens is 2. The molecule has 2 aromatic carbocycles. The first kappa shape index (κ1) is 13.5. The number of para-hydroxylation sites is 1. The minimum absolute atomic E-state index is 0.349. The normalized spacial score (nSPS) is 11.2. The van der Waals surface area contributed by atoms with E-state index in [1.54, 1.807) is 6.20 Å². The van der Waals surface area contributed by atoms with Crippen molar-refractivity contribution < 1.29 is 9.90 Å². The Hall–Kier alpha value is -3.14. The van der Waals surface area contributed by atoms with Crippen LogP contribution in [0.5, 0.6) is 0 Å². The van der Waals surface area contributed by atoms with Crippen molar-refractivity contribution in [1.82, 2.24) is 9.55 Å². The largest absolute Gasteiger partial charge is 0.478 e. The molecule has 0 spiro atoms. The van der Waals surface area contributed by atoms with Gasteiger partial charge in [-0.05, 0) is 37.3 Å². The van der Waals surface area contributed by atoms with E-state index in [1.165, 1.54) is 0 Å². The van der Waals surface area contributed by atoms with Crippen LogP contribution >= 0.6 is 0 Å². The lowest BCUT2D eigenvalue weighted by atomic mass is 10.1. The predicted octanol–water partition coefficient (Wildman–Crippen LogP) is 4.19. The molecule has 2 aromatic heterocycles. The summed E-state index contributed by atoms with van der Waals surface area (Å²) >= 11 is 0. The Labute approximate surface area is 132 Å². The summed E-state index contributed by atoms with van der Waals surface area (Å²) in [6, 6.07) is 17.4. The van der Waals surface area contributed by atoms with Crippen LogP contribution < -0.4 is 0 Å². The fraction of sp³-hybridized carbons (Fsp3) is 0.0526. The van der Waals surface area contributed by atoms with Crippen LogP contribution in [-0.4, -0.2) is 20.6 Å². The highest BCUT2D eigenvalue weighted by Crippen LogP contribution is 2.31. The number of rotatable bonds is 2. The van der Waals surface area contributed by atoms with Crippen molar-refractivity contribution in [3.63, 3.8) is 0 Å². The maximum absolute atomic E-state index is 11.7. The zero-order valence-electron chi connectivity index (χ0n) is 12.5. The maximum Gasteiger partial charge on any atom is 0.338 e. The zero-order chi connectivity index (χ0) is 16.0. The Morgan fingerprint density at radius 1 is 1.00 bits per heavy atom. The summed E-state index contributed by atoms with van der Waals surface area (Å²) in [5, 5.41) is 11.4. The second kappa shape index (κ2) is 4.95. The Kier molecular flexibility index (Phi) is 2.91. The van der Waals surface area contributed by atoms with Gasteiger partial charge in [-0.15, -0.1) is 0 Å². The Balaban J connectivity index is 2.18. The molecule has 0 radical (unpaired) electrons. The number of benzene rings is 2. The van der Waals surface area contributed by atoms with Crippen molar-refractivity contribution in [3.8, 4) is 5.69 Å². The highest BCUT2D eigenvalue weighted by Gasteiger charge is 2.20. The Morgan fingerprint density at radius 2 is 1.78 bits per heavy atom. The van der Waals surface area contributed by atoms with E-state index >= 15 is 0 Å². The average Bonchev–Trinajstić information content (AvgIpc) is 2.86. The van der Waals surface area contributed by atoms with Crippen LogP contribution in [-0.2, 0) is 0 Å². The minimum atomic E-state index is -0.907. The molecule has 0 aliphatic rings. The first-order valence-electron chi connectivity index (χ1n) is 7.36. The summed E-state index contributed by atoms with van der Waals surface area (Å²) in [6.07, 6.45) is 1.76. The highest BCUT2D eigenvalue weighted by atomic mass is 16.4. The SMILES string of the molecule is Cc1c(C(=O)O)c2ccccc2n1-c1cccc2ncccc12. The molecule has 112 valence electrons. The zero-order valence-corrected chi connectivity index (χ0v) is 12.5. The van der Waals surface area contributed by atoms with E-state index in [0.29, 0.717) is 5.56 Å². The third kappa shape index (κ3) is 1.92. The lowest BCUT2D eigenvalue weighted by Gasteiger charge is -2.11. The number of hydrogen-bond donors (Lipinski definition) is 1. The molecule has 0 bridgehead atoms. The van der Waals surface area contributed by atoms with Crippen LogP contribution in [0.2, 0.25) is 0 Å².